The van der Waals surface area contributed by atoms with Crippen LogP contribution in [0.1, 0.15) is 44.6 Å². The first kappa shape index (κ1) is 20.8. The molecular weight excluding hydrogens is 383 g/mol. The second kappa shape index (κ2) is 8.19. The van der Waals surface area contributed by atoms with Gasteiger partial charge in [-0.25, -0.2) is 12.8 Å². The molecule has 2 aliphatic rings. The first-order valence-electron chi connectivity index (χ1n) is 9.81. The Morgan fingerprint density at radius 1 is 1.21 bits per heavy atom. The van der Waals surface area contributed by atoms with E-state index in [9.17, 15) is 22.4 Å². The summed E-state index contributed by atoms with van der Waals surface area (Å²) in [6.45, 7) is 2.09. The third-order valence-electron chi connectivity index (χ3n) is 5.86. The second-order valence-corrected chi connectivity index (χ2v) is 10.0. The molecule has 1 N–H and O–H groups in total. The van der Waals surface area contributed by atoms with E-state index in [0.717, 1.165) is 18.4 Å². The van der Waals surface area contributed by atoms with Crippen molar-refractivity contribution in [1.82, 2.24) is 10.2 Å². The molecule has 1 atom stereocenters. The molecule has 154 valence electrons. The number of hydrogen-bond acceptors (Lipinski definition) is 4. The van der Waals surface area contributed by atoms with Crippen molar-refractivity contribution in [2.45, 2.75) is 50.5 Å². The van der Waals surface area contributed by atoms with Crippen LogP contribution in [-0.4, -0.2) is 55.8 Å². The van der Waals surface area contributed by atoms with Gasteiger partial charge in [0.1, 0.15) is 5.82 Å². The molecule has 8 heteroatoms. The van der Waals surface area contributed by atoms with E-state index in [1.807, 2.05) is 6.92 Å². The minimum absolute atomic E-state index is 0.0433. The molecule has 2 fully saturated rings. The molecular formula is C20H27FN2O4S. The number of amides is 2. The summed E-state index contributed by atoms with van der Waals surface area (Å²) < 4.78 is 36.5. The Kier molecular flexibility index (Phi) is 6.07. The number of halogens is 1. The minimum atomic E-state index is -3.08. The van der Waals surface area contributed by atoms with Gasteiger partial charge in [0.2, 0.25) is 11.8 Å². The monoisotopic (exact) mass is 410 g/mol. The smallest absolute Gasteiger partial charge is 0.239 e. The van der Waals surface area contributed by atoms with E-state index >= 15 is 0 Å². The van der Waals surface area contributed by atoms with Crippen LogP contribution in [0.15, 0.2) is 24.3 Å². The Balaban J connectivity index is 1.72. The van der Waals surface area contributed by atoms with Gasteiger partial charge in [-0.2, -0.15) is 0 Å². The zero-order valence-corrected chi connectivity index (χ0v) is 16.9. The Labute approximate surface area is 165 Å². The number of benzene rings is 1. The summed E-state index contributed by atoms with van der Waals surface area (Å²) in [5, 5.41) is 2.74. The average molecular weight is 411 g/mol. The zero-order valence-electron chi connectivity index (χ0n) is 16.1. The molecule has 0 bridgehead atoms. The van der Waals surface area contributed by atoms with Gasteiger partial charge in [-0.1, -0.05) is 25.0 Å². The van der Waals surface area contributed by atoms with Crippen LogP contribution in [0.2, 0.25) is 0 Å². The van der Waals surface area contributed by atoms with Gasteiger partial charge in [0.15, 0.2) is 9.84 Å². The van der Waals surface area contributed by atoms with Crippen molar-refractivity contribution in [2.75, 3.05) is 24.6 Å². The van der Waals surface area contributed by atoms with E-state index in [4.69, 9.17) is 0 Å². The predicted molar refractivity (Wildman–Crippen MR) is 104 cm³/mol. The molecule has 1 aliphatic heterocycles. The largest absolute Gasteiger partial charge is 0.351 e. The lowest BCUT2D eigenvalue weighted by atomic mass is 9.77. The van der Waals surface area contributed by atoms with Crippen molar-refractivity contribution in [2.24, 2.45) is 0 Å². The van der Waals surface area contributed by atoms with Crippen molar-refractivity contribution in [1.29, 1.82) is 0 Å². The van der Waals surface area contributed by atoms with Crippen LogP contribution in [0.5, 0.6) is 0 Å². The summed E-state index contributed by atoms with van der Waals surface area (Å²) >= 11 is 0. The molecule has 1 aromatic carbocycles. The summed E-state index contributed by atoms with van der Waals surface area (Å²) in [5.41, 5.74) is 0.0675. The maximum atomic E-state index is 13.4. The molecule has 1 unspecified atom stereocenters. The van der Waals surface area contributed by atoms with Gasteiger partial charge < -0.3 is 10.2 Å². The van der Waals surface area contributed by atoms with Crippen molar-refractivity contribution < 1.29 is 22.4 Å². The quantitative estimate of drug-likeness (QED) is 0.775. The summed E-state index contributed by atoms with van der Waals surface area (Å²) in [6, 6.07) is 5.67. The van der Waals surface area contributed by atoms with E-state index in [1.54, 1.807) is 12.1 Å². The first-order chi connectivity index (χ1) is 13.3. The van der Waals surface area contributed by atoms with E-state index in [-0.39, 0.29) is 41.7 Å². The fourth-order valence-electron chi connectivity index (χ4n) is 4.36. The van der Waals surface area contributed by atoms with E-state index in [2.05, 4.69) is 5.32 Å². The maximum absolute atomic E-state index is 13.4. The molecule has 6 nitrogen and oxygen atoms in total. The summed E-state index contributed by atoms with van der Waals surface area (Å²) in [4.78, 5) is 27.4. The average Bonchev–Trinajstić information content (AvgIpc) is 3.27. The number of likely N-dealkylation sites (N-methyl/N-ethyl adjacent to an activating group) is 1. The third-order valence-corrected chi connectivity index (χ3v) is 7.63. The summed E-state index contributed by atoms with van der Waals surface area (Å²) in [6.07, 6.45) is 3.58. The first-order valence-corrected chi connectivity index (χ1v) is 11.6. The molecule has 2 amide bonds. The molecule has 3 rings (SSSR count). The van der Waals surface area contributed by atoms with Crippen molar-refractivity contribution >= 4 is 21.7 Å². The van der Waals surface area contributed by atoms with Crippen LogP contribution in [-0.2, 0) is 24.8 Å². The van der Waals surface area contributed by atoms with Crippen LogP contribution in [0.4, 0.5) is 4.39 Å². The van der Waals surface area contributed by atoms with Gasteiger partial charge in [-0.05, 0) is 43.9 Å². The molecule has 0 spiro atoms. The molecule has 1 saturated heterocycles. The number of nitrogens with one attached hydrogen (secondary N) is 1. The number of sulfone groups is 1. The van der Waals surface area contributed by atoms with Crippen LogP contribution < -0.4 is 5.32 Å². The Morgan fingerprint density at radius 2 is 1.86 bits per heavy atom. The fraction of sp³-hybridized carbons (Fsp3) is 0.600. The van der Waals surface area contributed by atoms with Crippen LogP contribution in [0, 0.1) is 5.82 Å². The topological polar surface area (TPSA) is 83.6 Å². The van der Waals surface area contributed by atoms with Crippen LogP contribution in [0.3, 0.4) is 0 Å². The number of carbonyl (C=O) groups is 2. The summed E-state index contributed by atoms with van der Waals surface area (Å²) in [7, 11) is -3.08. The number of rotatable bonds is 6. The fourth-order valence-corrected chi connectivity index (χ4v) is 6.03. The molecule has 0 radical (unpaired) electrons. The van der Waals surface area contributed by atoms with Crippen LogP contribution in [0.25, 0.3) is 0 Å². The molecule has 1 saturated carbocycles. The third kappa shape index (κ3) is 4.37. The molecule has 0 aromatic heterocycles. The maximum Gasteiger partial charge on any atom is 0.239 e. The Morgan fingerprint density at radius 3 is 2.39 bits per heavy atom. The lowest BCUT2D eigenvalue weighted by molar-refractivity contribution is -0.140. The SMILES string of the molecule is CCN(CC(=O)NC1CCS(=O)(=O)C1)C(=O)C1(c2ccc(F)cc2)CCCC1. The van der Waals surface area contributed by atoms with Crippen molar-refractivity contribution in [3.8, 4) is 0 Å². The molecule has 1 aromatic rings. The van der Waals surface area contributed by atoms with Crippen LogP contribution >= 0.6 is 0 Å². The second-order valence-electron chi connectivity index (χ2n) is 7.78. The van der Waals surface area contributed by atoms with E-state index < -0.39 is 15.3 Å². The van der Waals surface area contributed by atoms with Crippen molar-refractivity contribution in [3.05, 3.63) is 35.6 Å². The highest BCUT2D eigenvalue weighted by molar-refractivity contribution is 7.91. The number of carbonyl (C=O) groups excluding carboxylic acids is 2. The minimum Gasteiger partial charge on any atom is -0.351 e. The van der Waals surface area contributed by atoms with Gasteiger partial charge in [-0.15, -0.1) is 0 Å². The molecule has 28 heavy (non-hydrogen) atoms. The van der Waals surface area contributed by atoms with Crippen molar-refractivity contribution in [3.63, 3.8) is 0 Å². The normalized spacial score (nSPS) is 22.7. The molecule has 1 heterocycles. The highest BCUT2D eigenvalue weighted by Gasteiger charge is 2.45. The number of hydrogen-bond donors (Lipinski definition) is 1. The lowest BCUT2D eigenvalue weighted by Gasteiger charge is -2.34. The lowest BCUT2D eigenvalue weighted by Crippen LogP contribution is -2.50. The predicted octanol–water partition coefficient (Wildman–Crippen LogP) is 1.79. The highest BCUT2D eigenvalue weighted by Crippen LogP contribution is 2.42. The van der Waals surface area contributed by atoms with E-state index in [0.29, 0.717) is 25.8 Å². The number of nitrogens with zero attached hydrogens (tertiary/aromatic N) is 1. The Hall–Kier alpha value is -1.96. The van der Waals surface area contributed by atoms with Gasteiger partial charge in [-0.3, -0.25) is 9.59 Å². The zero-order chi connectivity index (χ0) is 20.4. The van der Waals surface area contributed by atoms with Gasteiger partial charge in [0, 0.05) is 12.6 Å². The van der Waals surface area contributed by atoms with Gasteiger partial charge >= 0.3 is 0 Å². The Bertz CT molecular complexity index is 832. The van der Waals surface area contributed by atoms with Gasteiger partial charge in [0.05, 0.1) is 23.5 Å². The van der Waals surface area contributed by atoms with Gasteiger partial charge in [0.25, 0.3) is 0 Å². The summed E-state index contributed by atoms with van der Waals surface area (Å²) in [5.74, 6) is -0.763. The highest BCUT2D eigenvalue weighted by atomic mass is 32.2. The standard InChI is InChI=1S/C20H27FN2O4S/c1-2-23(13-18(24)22-17-9-12-28(26,27)14-17)19(25)20(10-3-4-11-20)15-5-7-16(21)8-6-15/h5-8,17H,2-4,9-14H2,1H3,(H,22,24). The molecule has 1 aliphatic carbocycles. The van der Waals surface area contributed by atoms with E-state index in [1.165, 1.54) is 17.0 Å².